The first-order valence-electron chi connectivity index (χ1n) is 15.1. The molecule has 9 heteroatoms. The Hall–Kier alpha value is -2.49. The van der Waals surface area contributed by atoms with E-state index >= 15 is 0 Å². The van der Waals surface area contributed by atoms with Crippen LogP contribution in [0, 0.1) is 5.92 Å². The summed E-state index contributed by atoms with van der Waals surface area (Å²) in [6, 6.07) is 5.98. The molecular weight excluding hydrogens is 494 g/mol. The average molecular weight is 538 g/mol. The number of imide groups is 1. The number of nitrogens with one attached hydrogen (secondary N) is 1. The summed E-state index contributed by atoms with van der Waals surface area (Å²) >= 11 is 0. The van der Waals surface area contributed by atoms with Crippen molar-refractivity contribution in [1.29, 1.82) is 0 Å². The van der Waals surface area contributed by atoms with E-state index in [9.17, 15) is 14.4 Å². The Morgan fingerprint density at radius 2 is 1.72 bits per heavy atom. The van der Waals surface area contributed by atoms with Gasteiger partial charge in [-0.2, -0.15) is 0 Å². The third kappa shape index (κ3) is 5.72. The van der Waals surface area contributed by atoms with Gasteiger partial charge in [0.2, 0.25) is 11.8 Å². The number of hydrogen-bond donors (Lipinski definition) is 1. The van der Waals surface area contributed by atoms with E-state index in [1.165, 1.54) is 69.4 Å². The molecular formula is C30H43N5O4. The average Bonchev–Trinajstić information content (AvgIpc) is 3.16. The van der Waals surface area contributed by atoms with E-state index in [1.807, 2.05) is 18.2 Å². The molecule has 3 heterocycles. The molecule has 1 aromatic carbocycles. The van der Waals surface area contributed by atoms with Crippen molar-refractivity contribution >= 4 is 22.8 Å². The number of aryl methyl sites for hydroxylation is 1. The fourth-order valence-electron chi connectivity index (χ4n) is 7.16. The number of hydrogen-bond acceptors (Lipinski definition) is 6. The molecule has 9 nitrogen and oxygen atoms in total. The van der Waals surface area contributed by atoms with Gasteiger partial charge in [-0.05, 0) is 62.1 Å². The first-order valence-corrected chi connectivity index (χ1v) is 15.1. The Bertz CT molecular complexity index is 1250. The van der Waals surface area contributed by atoms with E-state index < -0.39 is 11.9 Å². The van der Waals surface area contributed by atoms with Gasteiger partial charge in [0.1, 0.15) is 6.04 Å². The number of carbonyl (C=O) groups is 2. The Morgan fingerprint density at radius 3 is 2.46 bits per heavy atom. The Morgan fingerprint density at radius 1 is 0.949 bits per heavy atom. The fraction of sp³-hybridized carbons (Fsp3) is 0.700. The van der Waals surface area contributed by atoms with E-state index in [4.69, 9.17) is 4.74 Å². The second kappa shape index (κ2) is 11.6. The van der Waals surface area contributed by atoms with Crippen LogP contribution in [0.1, 0.15) is 69.4 Å². The summed E-state index contributed by atoms with van der Waals surface area (Å²) in [5, 5.41) is 2.36. The van der Waals surface area contributed by atoms with Crippen LogP contribution in [0.4, 0.5) is 0 Å². The zero-order valence-corrected chi connectivity index (χ0v) is 23.3. The van der Waals surface area contributed by atoms with Crippen LogP contribution in [0.25, 0.3) is 11.0 Å². The lowest BCUT2D eigenvalue weighted by atomic mass is 9.87. The third-order valence-corrected chi connectivity index (χ3v) is 9.65. The first-order chi connectivity index (χ1) is 19.0. The molecule has 2 aliphatic carbocycles. The molecule has 0 spiro atoms. The van der Waals surface area contributed by atoms with Gasteiger partial charge in [-0.1, -0.05) is 25.3 Å². The Kier molecular flexibility index (Phi) is 7.91. The summed E-state index contributed by atoms with van der Waals surface area (Å²) in [5.74, 6) is 0.248. The van der Waals surface area contributed by atoms with Gasteiger partial charge >= 0.3 is 5.69 Å². The van der Waals surface area contributed by atoms with Crippen molar-refractivity contribution < 1.29 is 14.3 Å². The van der Waals surface area contributed by atoms with Crippen molar-refractivity contribution in [3.63, 3.8) is 0 Å². The summed E-state index contributed by atoms with van der Waals surface area (Å²) in [4.78, 5) is 42.3. The second-order valence-electron chi connectivity index (χ2n) is 12.2. The van der Waals surface area contributed by atoms with Gasteiger partial charge in [-0.15, -0.1) is 0 Å². The minimum absolute atomic E-state index is 0.233. The number of amides is 2. The molecule has 2 amide bonds. The van der Waals surface area contributed by atoms with E-state index in [0.29, 0.717) is 25.2 Å². The molecule has 4 fully saturated rings. The van der Waals surface area contributed by atoms with Gasteiger partial charge in [0.15, 0.2) is 0 Å². The predicted octanol–water partition coefficient (Wildman–Crippen LogP) is 2.61. The zero-order valence-electron chi connectivity index (χ0n) is 23.3. The fourth-order valence-corrected chi connectivity index (χ4v) is 7.16. The van der Waals surface area contributed by atoms with Crippen molar-refractivity contribution in [2.75, 3.05) is 39.3 Å². The highest BCUT2D eigenvalue weighted by molar-refractivity contribution is 6.00. The highest BCUT2D eigenvalue weighted by atomic mass is 16.5. The summed E-state index contributed by atoms with van der Waals surface area (Å²) in [6.45, 7) is 6.80. The summed E-state index contributed by atoms with van der Waals surface area (Å²) in [5.41, 5.74) is 2.41. The lowest BCUT2D eigenvalue weighted by molar-refractivity contribution is -0.135. The Labute approximate surface area is 230 Å². The molecule has 2 aromatic rings. The predicted molar refractivity (Wildman–Crippen MR) is 150 cm³/mol. The number of benzene rings is 1. The molecule has 0 radical (unpaired) electrons. The molecule has 212 valence electrons. The van der Waals surface area contributed by atoms with Crippen molar-refractivity contribution in [2.24, 2.45) is 13.0 Å². The number of imidazole rings is 1. The van der Waals surface area contributed by atoms with Crippen molar-refractivity contribution in [2.45, 2.75) is 82.4 Å². The van der Waals surface area contributed by atoms with Gasteiger partial charge in [-0.3, -0.25) is 28.9 Å². The van der Waals surface area contributed by atoms with Crippen molar-refractivity contribution in [3.8, 4) is 0 Å². The second-order valence-corrected chi connectivity index (χ2v) is 12.2. The van der Waals surface area contributed by atoms with Crippen LogP contribution in [-0.2, 0) is 27.8 Å². The van der Waals surface area contributed by atoms with Gasteiger partial charge in [0, 0.05) is 52.2 Å². The minimum Gasteiger partial charge on any atom is -0.378 e. The van der Waals surface area contributed by atoms with Gasteiger partial charge in [0.25, 0.3) is 0 Å². The lowest BCUT2D eigenvalue weighted by Crippen LogP contribution is -2.56. The van der Waals surface area contributed by atoms with Crippen molar-refractivity contribution in [3.05, 3.63) is 34.2 Å². The number of piperazine rings is 1. The van der Waals surface area contributed by atoms with Crippen LogP contribution in [0.2, 0.25) is 0 Å². The molecule has 1 N–H and O–H groups in total. The maximum absolute atomic E-state index is 13.0. The normalized spacial score (nSPS) is 27.6. The van der Waals surface area contributed by atoms with Crippen LogP contribution >= 0.6 is 0 Å². The number of piperidine rings is 1. The van der Waals surface area contributed by atoms with Crippen LogP contribution in [0.5, 0.6) is 0 Å². The van der Waals surface area contributed by atoms with Crippen LogP contribution in [0.3, 0.4) is 0 Å². The van der Waals surface area contributed by atoms with Crippen molar-refractivity contribution in [1.82, 2.24) is 24.3 Å². The SMILES string of the molecule is Cn1c(=O)n(C2CCC(=O)NC2=O)c2ccc(CCOC3CC(N4CCN(CC5CCCCC5)CC4)C3)cc21. The topological polar surface area (TPSA) is 88.8 Å². The number of aromatic nitrogens is 2. The van der Waals surface area contributed by atoms with Gasteiger partial charge in [-0.25, -0.2) is 4.79 Å². The minimum atomic E-state index is -0.653. The number of ether oxygens (including phenoxy) is 1. The number of rotatable bonds is 8. The molecule has 2 saturated carbocycles. The molecule has 2 aliphatic heterocycles. The largest absolute Gasteiger partial charge is 0.378 e. The smallest absolute Gasteiger partial charge is 0.329 e. The maximum atomic E-state index is 13.0. The first kappa shape index (κ1) is 26.7. The maximum Gasteiger partial charge on any atom is 0.329 e. The summed E-state index contributed by atoms with van der Waals surface area (Å²) < 4.78 is 9.34. The zero-order chi connectivity index (χ0) is 26.9. The third-order valence-electron chi connectivity index (χ3n) is 9.65. The molecule has 6 rings (SSSR count). The molecule has 39 heavy (non-hydrogen) atoms. The standard InChI is InChI=1S/C30H43N5O4/c1-32-27-17-21(7-8-25(27)35(30(32)38)26-9-10-28(36)31-29(26)37)11-16-39-24-18-23(19-24)34-14-12-33(13-15-34)20-22-5-3-2-4-6-22/h7-8,17,22-24,26H,2-6,9-16,18-20H2,1H3,(H,31,36,37). The van der Waals surface area contributed by atoms with E-state index in [1.54, 1.807) is 11.6 Å². The number of fused-ring (bicyclic) bond motifs is 1. The Balaban J connectivity index is 0.958. The molecule has 1 aromatic heterocycles. The number of nitrogens with zero attached hydrogens (tertiary/aromatic N) is 4. The van der Waals surface area contributed by atoms with E-state index in [2.05, 4.69) is 15.1 Å². The van der Waals surface area contributed by atoms with Gasteiger partial charge < -0.3 is 9.64 Å². The quantitative estimate of drug-likeness (QED) is 0.521. The highest BCUT2D eigenvalue weighted by Gasteiger charge is 2.36. The lowest BCUT2D eigenvalue weighted by Gasteiger charge is -2.46. The number of carbonyl (C=O) groups excluding carboxylic acids is 2. The molecule has 2 saturated heterocycles. The van der Waals surface area contributed by atoms with Crippen LogP contribution in [0.15, 0.2) is 23.0 Å². The molecule has 1 unspecified atom stereocenters. The molecule has 1 atom stereocenters. The monoisotopic (exact) mass is 537 g/mol. The summed E-state index contributed by atoms with van der Waals surface area (Å²) in [7, 11) is 1.73. The van der Waals surface area contributed by atoms with E-state index in [-0.39, 0.29) is 18.0 Å². The molecule has 0 bridgehead atoms. The van der Waals surface area contributed by atoms with E-state index in [0.717, 1.165) is 41.8 Å². The highest BCUT2D eigenvalue weighted by Crippen LogP contribution is 2.30. The van der Waals surface area contributed by atoms with Crippen LogP contribution in [-0.4, -0.2) is 82.2 Å². The summed E-state index contributed by atoms with van der Waals surface area (Å²) in [6.07, 6.45) is 11.1. The van der Waals surface area contributed by atoms with Gasteiger partial charge in [0.05, 0.1) is 23.7 Å². The van der Waals surface area contributed by atoms with Crippen LogP contribution < -0.4 is 11.0 Å². The molecule has 4 aliphatic rings.